The van der Waals surface area contributed by atoms with Gasteiger partial charge in [-0.05, 0) is 30.7 Å². The summed E-state index contributed by atoms with van der Waals surface area (Å²) in [4.78, 5) is 23.5. The van der Waals surface area contributed by atoms with Gasteiger partial charge >= 0.3 is 0 Å². The van der Waals surface area contributed by atoms with Crippen LogP contribution in [0.1, 0.15) is 22.8 Å². The molecule has 0 aliphatic carbocycles. The molecule has 2 N–H and O–H groups in total. The van der Waals surface area contributed by atoms with Crippen molar-refractivity contribution in [2.24, 2.45) is 12.1 Å². The number of nitro groups is 1. The maximum atomic E-state index is 12.6. The molecule has 0 fully saturated rings. The number of aryl methyl sites for hydroxylation is 1. The van der Waals surface area contributed by atoms with E-state index in [4.69, 9.17) is 0 Å². The molecule has 0 spiro atoms. The normalized spacial score (nSPS) is 11.1. The summed E-state index contributed by atoms with van der Waals surface area (Å²) in [5, 5.41) is 19.5. The number of carbonyl (C=O) groups excluding carboxylic acids is 1. The van der Waals surface area contributed by atoms with E-state index in [1.807, 2.05) is 68.6 Å². The van der Waals surface area contributed by atoms with Crippen LogP contribution in [0.3, 0.4) is 0 Å². The Kier molecular flexibility index (Phi) is 6.17. The summed E-state index contributed by atoms with van der Waals surface area (Å²) >= 11 is 0. The number of nitro benzene ring substituents is 1. The van der Waals surface area contributed by atoms with Gasteiger partial charge in [0.25, 0.3) is 11.6 Å². The molecule has 0 saturated carbocycles. The highest BCUT2D eigenvalue weighted by Gasteiger charge is 2.18. The van der Waals surface area contributed by atoms with Gasteiger partial charge in [-0.2, -0.15) is 5.10 Å². The quantitative estimate of drug-likeness (QED) is 0.241. The molecule has 8 nitrogen and oxygen atoms in total. The smallest absolute Gasteiger partial charge is 0.293 e. The van der Waals surface area contributed by atoms with Crippen LogP contribution in [-0.2, 0) is 7.05 Å². The monoisotopic (exact) mass is 441 g/mol. The lowest BCUT2D eigenvalue weighted by atomic mass is 10.1. The third-order valence-corrected chi connectivity index (χ3v) is 5.38. The van der Waals surface area contributed by atoms with Crippen molar-refractivity contribution < 1.29 is 9.72 Å². The van der Waals surface area contributed by atoms with Crippen molar-refractivity contribution in [3.8, 4) is 11.3 Å². The molecule has 0 unspecified atom stereocenters. The van der Waals surface area contributed by atoms with E-state index in [1.54, 1.807) is 6.21 Å². The van der Waals surface area contributed by atoms with Gasteiger partial charge in [-0.25, -0.2) is 5.43 Å². The highest BCUT2D eigenvalue weighted by Crippen LogP contribution is 2.31. The number of anilines is 1. The lowest BCUT2D eigenvalue weighted by molar-refractivity contribution is -0.384. The summed E-state index contributed by atoms with van der Waals surface area (Å²) in [7, 11) is 1.99. The highest BCUT2D eigenvalue weighted by molar-refractivity contribution is 6.07. The molecule has 0 saturated heterocycles. The summed E-state index contributed by atoms with van der Waals surface area (Å²) < 4.78 is 2.09. The number of nitrogens with zero attached hydrogens (tertiary/aromatic N) is 3. The van der Waals surface area contributed by atoms with E-state index >= 15 is 0 Å². The molecule has 4 aromatic rings. The molecule has 166 valence electrons. The lowest BCUT2D eigenvalue weighted by Gasteiger charge is -2.07. The third-order valence-electron chi connectivity index (χ3n) is 5.38. The Balaban J connectivity index is 1.66. The lowest BCUT2D eigenvalue weighted by Crippen LogP contribution is -2.18. The van der Waals surface area contributed by atoms with Crippen LogP contribution in [0.4, 0.5) is 11.4 Å². The number of carbonyl (C=O) groups is 1. The summed E-state index contributed by atoms with van der Waals surface area (Å²) in [5.41, 5.74) is 6.77. The molecule has 8 heteroatoms. The van der Waals surface area contributed by atoms with Gasteiger partial charge in [0, 0.05) is 41.7 Å². The number of para-hydroxylation sites is 1. The van der Waals surface area contributed by atoms with Crippen LogP contribution in [-0.4, -0.2) is 28.2 Å². The molecule has 3 aromatic carbocycles. The first kappa shape index (κ1) is 21.8. The molecule has 0 radical (unpaired) electrons. The van der Waals surface area contributed by atoms with Gasteiger partial charge in [0.05, 0.1) is 16.8 Å². The Morgan fingerprint density at radius 3 is 2.55 bits per heavy atom. The fraction of sp³-hybridized carbons (Fsp3) is 0.120. The molecule has 4 rings (SSSR count). The molecule has 0 bridgehead atoms. The largest absolute Gasteiger partial charge is 0.380 e. The maximum Gasteiger partial charge on any atom is 0.293 e. The SMILES string of the molecule is CCNc1ccc(C(=O)NN=Cc2c(-c3ccccc3)n(C)c3ccccc23)cc1[N+](=O)[O-]. The summed E-state index contributed by atoms with van der Waals surface area (Å²) in [5.74, 6) is -0.529. The van der Waals surface area contributed by atoms with E-state index in [1.165, 1.54) is 18.2 Å². The fourth-order valence-corrected chi connectivity index (χ4v) is 3.88. The Hall–Kier alpha value is -4.46. The summed E-state index contributed by atoms with van der Waals surface area (Å²) in [6.45, 7) is 2.38. The van der Waals surface area contributed by atoms with Gasteiger partial charge in [-0.3, -0.25) is 14.9 Å². The second-order valence-corrected chi connectivity index (χ2v) is 7.42. The van der Waals surface area contributed by atoms with Crippen molar-refractivity contribution in [3.05, 3.63) is 94.0 Å². The van der Waals surface area contributed by atoms with Gasteiger partial charge in [-0.15, -0.1) is 0 Å². The van der Waals surface area contributed by atoms with E-state index in [0.717, 1.165) is 27.7 Å². The fourth-order valence-electron chi connectivity index (χ4n) is 3.88. The average molecular weight is 441 g/mol. The van der Waals surface area contributed by atoms with Gasteiger partial charge < -0.3 is 9.88 Å². The summed E-state index contributed by atoms with van der Waals surface area (Å²) in [6.07, 6.45) is 1.62. The molecule has 0 aliphatic rings. The number of amides is 1. The molecule has 0 atom stereocenters. The minimum Gasteiger partial charge on any atom is -0.380 e. The number of aromatic nitrogens is 1. The molecule has 1 heterocycles. The topological polar surface area (TPSA) is 102 Å². The first-order valence-electron chi connectivity index (χ1n) is 10.5. The number of hydrogen-bond acceptors (Lipinski definition) is 5. The van der Waals surface area contributed by atoms with Crippen molar-refractivity contribution in [3.63, 3.8) is 0 Å². The second kappa shape index (κ2) is 9.35. The summed E-state index contributed by atoms with van der Waals surface area (Å²) in [6, 6.07) is 22.2. The number of hydrogen-bond donors (Lipinski definition) is 2. The van der Waals surface area contributed by atoms with Crippen LogP contribution in [0.25, 0.3) is 22.2 Å². The Bertz CT molecular complexity index is 1360. The van der Waals surface area contributed by atoms with Gasteiger partial charge in [0.1, 0.15) is 5.69 Å². The zero-order chi connectivity index (χ0) is 23.4. The number of benzene rings is 3. The van der Waals surface area contributed by atoms with E-state index in [9.17, 15) is 14.9 Å². The van der Waals surface area contributed by atoms with Crippen LogP contribution < -0.4 is 10.7 Å². The number of rotatable bonds is 7. The van der Waals surface area contributed by atoms with Gasteiger partial charge in [-0.1, -0.05) is 48.5 Å². The molecule has 1 aromatic heterocycles. The predicted molar refractivity (Wildman–Crippen MR) is 131 cm³/mol. The number of fused-ring (bicyclic) bond motifs is 1. The molecule has 0 aliphatic heterocycles. The van der Waals surface area contributed by atoms with Crippen LogP contribution >= 0.6 is 0 Å². The van der Waals surface area contributed by atoms with Crippen molar-refractivity contribution >= 4 is 34.4 Å². The zero-order valence-corrected chi connectivity index (χ0v) is 18.3. The van der Waals surface area contributed by atoms with Crippen LogP contribution in [0.2, 0.25) is 0 Å². The first-order valence-corrected chi connectivity index (χ1v) is 10.5. The minimum atomic E-state index is -0.529. The molecule has 33 heavy (non-hydrogen) atoms. The van der Waals surface area contributed by atoms with Crippen molar-refractivity contribution in [1.29, 1.82) is 0 Å². The molecule has 1 amide bonds. The Labute approximate surface area is 190 Å². The number of nitrogens with one attached hydrogen (secondary N) is 2. The van der Waals surface area contributed by atoms with E-state index < -0.39 is 10.8 Å². The maximum absolute atomic E-state index is 12.6. The van der Waals surface area contributed by atoms with E-state index in [2.05, 4.69) is 20.4 Å². The minimum absolute atomic E-state index is 0.154. The second-order valence-electron chi connectivity index (χ2n) is 7.42. The highest BCUT2D eigenvalue weighted by atomic mass is 16.6. The predicted octanol–water partition coefficient (Wildman–Crippen LogP) is 4.95. The van der Waals surface area contributed by atoms with E-state index in [0.29, 0.717) is 12.2 Å². The van der Waals surface area contributed by atoms with E-state index in [-0.39, 0.29) is 11.3 Å². The van der Waals surface area contributed by atoms with Crippen molar-refractivity contribution in [2.75, 3.05) is 11.9 Å². The van der Waals surface area contributed by atoms with Crippen LogP contribution in [0.15, 0.2) is 77.9 Å². The van der Waals surface area contributed by atoms with Crippen molar-refractivity contribution in [1.82, 2.24) is 9.99 Å². The molecular formula is C25H23N5O3. The molecular weight excluding hydrogens is 418 g/mol. The Morgan fingerprint density at radius 2 is 1.82 bits per heavy atom. The number of hydrazone groups is 1. The standard InChI is InChI=1S/C25H23N5O3/c1-3-26-21-14-13-18(15-23(21)30(32)33)25(31)28-27-16-20-19-11-7-8-12-22(19)29(2)24(20)17-9-5-4-6-10-17/h4-16,26H,3H2,1-2H3,(H,28,31). The van der Waals surface area contributed by atoms with Crippen LogP contribution in [0, 0.1) is 10.1 Å². The van der Waals surface area contributed by atoms with Gasteiger partial charge in [0.2, 0.25) is 0 Å². The zero-order valence-electron chi connectivity index (χ0n) is 18.3. The average Bonchev–Trinajstić information content (AvgIpc) is 3.11. The van der Waals surface area contributed by atoms with Crippen molar-refractivity contribution in [2.45, 2.75) is 6.92 Å². The van der Waals surface area contributed by atoms with Gasteiger partial charge in [0.15, 0.2) is 0 Å². The third kappa shape index (κ3) is 4.31. The first-order chi connectivity index (χ1) is 16.0. The Morgan fingerprint density at radius 1 is 1.09 bits per heavy atom. The van der Waals surface area contributed by atoms with Crippen LogP contribution in [0.5, 0.6) is 0 Å².